The summed E-state index contributed by atoms with van der Waals surface area (Å²) in [6, 6.07) is 8.16. The summed E-state index contributed by atoms with van der Waals surface area (Å²) in [7, 11) is 0. The van der Waals surface area contributed by atoms with Gasteiger partial charge in [0.2, 0.25) is 0 Å². The van der Waals surface area contributed by atoms with E-state index < -0.39 is 11.7 Å². The minimum absolute atomic E-state index is 0.278. The van der Waals surface area contributed by atoms with Crippen LogP contribution >= 0.6 is 0 Å². The van der Waals surface area contributed by atoms with Gasteiger partial charge in [-0.05, 0) is 24.3 Å². The average molecular weight is 253 g/mol. The molecule has 0 spiro atoms. The Morgan fingerprint density at radius 2 is 1.61 bits per heavy atom. The van der Waals surface area contributed by atoms with E-state index in [-0.39, 0.29) is 6.54 Å². The molecule has 0 amide bonds. The van der Waals surface area contributed by atoms with Crippen molar-refractivity contribution in [3.63, 3.8) is 0 Å². The quantitative estimate of drug-likeness (QED) is 0.895. The fraction of sp³-hybridized carbons (Fsp3) is 0.167. The molecule has 1 heterocycles. The van der Waals surface area contributed by atoms with Gasteiger partial charge >= 0.3 is 6.18 Å². The fourth-order valence-electron chi connectivity index (χ4n) is 1.45. The summed E-state index contributed by atoms with van der Waals surface area (Å²) in [5.41, 5.74) is 6.42. The van der Waals surface area contributed by atoms with Crippen molar-refractivity contribution >= 4 is 0 Å². The number of alkyl halides is 3. The Kier molecular flexibility index (Phi) is 3.29. The monoisotopic (exact) mass is 253 g/mol. The van der Waals surface area contributed by atoms with Gasteiger partial charge in [-0.3, -0.25) is 0 Å². The maximum atomic E-state index is 12.4. The van der Waals surface area contributed by atoms with Gasteiger partial charge in [0.1, 0.15) is 0 Å². The first-order chi connectivity index (χ1) is 8.50. The molecule has 0 atom stereocenters. The summed E-state index contributed by atoms with van der Waals surface area (Å²) in [6.45, 7) is 0.278. The molecule has 94 valence electrons. The summed E-state index contributed by atoms with van der Waals surface area (Å²) in [5, 5.41) is 7.75. The van der Waals surface area contributed by atoms with Gasteiger partial charge in [0.15, 0.2) is 0 Å². The van der Waals surface area contributed by atoms with Crippen LogP contribution in [0.1, 0.15) is 11.3 Å². The van der Waals surface area contributed by atoms with E-state index in [1.165, 1.54) is 12.1 Å². The molecule has 1 aromatic carbocycles. The number of hydrogen-bond acceptors (Lipinski definition) is 3. The van der Waals surface area contributed by atoms with Gasteiger partial charge in [-0.25, -0.2) is 0 Å². The van der Waals surface area contributed by atoms with E-state index >= 15 is 0 Å². The predicted molar refractivity (Wildman–Crippen MR) is 60.4 cm³/mol. The lowest BCUT2D eigenvalue weighted by molar-refractivity contribution is -0.137. The molecule has 1 aromatic heterocycles. The van der Waals surface area contributed by atoms with Crippen molar-refractivity contribution in [1.29, 1.82) is 0 Å². The summed E-state index contributed by atoms with van der Waals surface area (Å²) < 4.78 is 37.1. The first-order valence-corrected chi connectivity index (χ1v) is 5.21. The third-order valence-corrected chi connectivity index (χ3v) is 2.44. The van der Waals surface area contributed by atoms with Crippen LogP contribution in [0, 0.1) is 0 Å². The largest absolute Gasteiger partial charge is 0.416 e. The second-order valence-electron chi connectivity index (χ2n) is 3.69. The van der Waals surface area contributed by atoms with Crippen LogP contribution in [0.25, 0.3) is 11.3 Å². The molecule has 2 N–H and O–H groups in total. The van der Waals surface area contributed by atoms with Crippen molar-refractivity contribution in [2.45, 2.75) is 12.7 Å². The Morgan fingerprint density at radius 3 is 2.06 bits per heavy atom. The smallest absolute Gasteiger partial charge is 0.325 e. The normalized spacial score (nSPS) is 11.6. The van der Waals surface area contributed by atoms with Gasteiger partial charge in [0.25, 0.3) is 0 Å². The van der Waals surface area contributed by atoms with E-state index in [9.17, 15) is 13.2 Å². The van der Waals surface area contributed by atoms with E-state index in [0.717, 1.165) is 12.1 Å². The topological polar surface area (TPSA) is 51.8 Å². The van der Waals surface area contributed by atoms with Crippen molar-refractivity contribution in [1.82, 2.24) is 10.2 Å². The first-order valence-electron chi connectivity index (χ1n) is 5.21. The van der Waals surface area contributed by atoms with Gasteiger partial charge < -0.3 is 5.73 Å². The highest BCUT2D eigenvalue weighted by atomic mass is 19.4. The molecule has 0 radical (unpaired) electrons. The number of rotatable bonds is 2. The molecule has 0 aliphatic rings. The molecule has 0 bridgehead atoms. The lowest BCUT2D eigenvalue weighted by Crippen LogP contribution is -2.04. The van der Waals surface area contributed by atoms with E-state index in [0.29, 0.717) is 17.0 Å². The van der Waals surface area contributed by atoms with Crippen LogP contribution in [-0.4, -0.2) is 10.2 Å². The number of hydrogen-bond donors (Lipinski definition) is 1. The van der Waals surface area contributed by atoms with E-state index in [1.54, 1.807) is 12.1 Å². The van der Waals surface area contributed by atoms with Gasteiger partial charge in [-0.1, -0.05) is 12.1 Å². The van der Waals surface area contributed by atoms with Crippen LogP contribution in [0.15, 0.2) is 36.4 Å². The lowest BCUT2D eigenvalue weighted by atomic mass is 10.1. The van der Waals surface area contributed by atoms with Crippen molar-refractivity contribution in [2.75, 3.05) is 0 Å². The zero-order valence-corrected chi connectivity index (χ0v) is 9.28. The van der Waals surface area contributed by atoms with Gasteiger partial charge in [-0.2, -0.15) is 23.4 Å². The molecule has 6 heteroatoms. The van der Waals surface area contributed by atoms with E-state index in [4.69, 9.17) is 5.73 Å². The van der Waals surface area contributed by atoms with E-state index in [2.05, 4.69) is 10.2 Å². The van der Waals surface area contributed by atoms with Gasteiger partial charge in [-0.15, -0.1) is 0 Å². The Balaban J connectivity index is 2.28. The van der Waals surface area contributed by atoms with E-state index in [1.807, 2.05) is 0 Å². The first kappa shape index (κ1) is 12.5. The summed E-state index contributed by atoms with van der Waals surface area (Å²) in [5.74, 6) is 0. The zero-order chi connectivity index (χ0) is 13.2. The van der Waals surface area contributed by atoms with Crippen molar-refractivity contribution < 1.29 is 13.2 Å². The minimum Gasteiger partial charge on any atom is -0.325 e. The molecule has 0 saturated heterocycles. The highest BCUT2D eigenvalue weighted by molar-refractivity contribution is 5.58. The second-order valence-corrected chi connectivity index (χ2v) is 3.69. The van der Waals surface area contributed by atoms with Crippen molar-refractivity contribution in [2.24, 2.45) is 5.73 Å². The van der Waals surface area contributed by atoms with Crippen LogP contribution in [-0.2, 0) is 12.7 Å². The fourth-order valence-corrected chi connectivity index (χ4v) is 1.45. The molecule has 0 aliphatic carbocycles. The molecular formula is C12H10F3N3. The zero-order valence-electron chi connectivity index (χ0n) is 9.28. The highest BCUT2D eigenvalue weighted by Gasteiger charge is 2.29. The lowest BCUT2D eigenvalue weighted by Gasteiger charge is -2.07. The summed E-state index contributed by atoms with van der Waals surface area (Å²) in [6.07, 6.45) is -4.33. The predicted octanol–water partition coefficient (Wildman–Crippen LogP) is 2.62. The van der Waals surface area contributed by atoms with Crippen LogP contribution in [0.2, 0.25) is 0 Å². The maximum Gasteiger partial charge on any atom is 0.416 e. The van der Waals surface area contributed by atoms with Crippen LogP contribution < -0.4 is 5.73 Å². The van der Waals surface area contributed by atoms with Crippen LogP contribution in [0.4, 0.5) is 13.2 Å². The molecule has 2 aromatic rings. The summed E-state index contributed by atoms with van der Waals surface area (Å²) >= 11 is 0. The number of aromatic nitrogens is 2. The van der Waals surface area contributed by atoms with Gasteiger partial charge in [0, 0.05) is 12.1 Å². The van der Waals surface area contributed by atoms with Crippen molar-refractivity contribution in [3.8, 4) is 11.3 Å². The number of nitrogens with two attached hydrogens (primary N) is 1. The van der Waals surface area contributed by atoms with Crippen LogP contribution in [0.3, 0.4) is 0 Å². The maximum absolute atomic E-state index is 12.4. The third kappa shape index (κ3) is 2.65. The molecule has 0 unspecified atom stereocenters. The Hall–Kier alpha value is -1.95. The molecule has 0 saturated carbocycles. The molecule has 3 nitrogen and oxygen atoms in total. The minimum atomic E-state index is -4.33. The average Bonchev–Trinajstić information content (AvgIpc) is 2.38. The molecule has 18 heavy (non-hydrogen) atoms. The number of benzene rings is 1. The summed E-state index contributed by atoms with van der Waals surface area (Å²) in [4.78, 5) is 0. The van der Waals surface area contributed by atoms with Crippen LogP contribution in [0.5, 0.6) is 0 Å². The number of nitrogens with zero attached hydrogens (tertiary/aromatic N) is 2. The molecule has 0 aliphatic heterocycles. The SMILES string of the molecule is NCc1ccc(-c2ccc(C(F)(F)F)cc2)nn1. The Bertz CT molecular complexity index is 518. The molecule has 0 fully saturated rings. The Morgan fingerprint density at radius 1 is 0.944 bits per heavy atom. The molecular weight excluding hydrogens is 243 g/mol. The molecule has 2 rings (SSSR count). The standard InChI is InChI=1S/C12H10F3N3/c13-12(14,15)9-3-1-8(2-4-9)11-6-5-10(7-16)17-18-11/h1-6H,7,16H2. The number of halogens is 3. The van der Waals surface area contributed by atoms with Gasteiger partial charge in [0.05, 0.1) is 17.0 Å². The second kappa shape index (κ2) is 4.73. The van der Waals surface area contributed by atoms with Crippen molar-refractivity contribution in [3.05, 3.63) is 47.7 Å². The third-order valence-electron chi connectivity index (χ3n) is 2.44. The highest BCUT2D eigenvalue weighted by Crippen LogP contribution is 2.30. The Labute approximate surface area is 101 Å².